The van der Waals surface area contributed by atoms with Crippen molar-refractivity contribution < 1.29 is 4.79 Å². The summed E-state index contributed by atoms with van der Waals surface area (Å²) in [5.41, 5.74) is 6.35. The summed E-state index contributed by atoms with van der Waals surface area (Å²) >= 11 is 0. The van der Waals surface area contributed by atoms with E-state index in [0.29, 0.717) is 18.4 Å². The highest BCUT2D eigenvalue weighted by Crippen LogP contribution is 2.44. The van der Waals surface area contributed by atoms with Crippen LogP contribution in [0.3, 0.4) is 0 Å². The average Bonchev–Trinajstić information content (AvgIpc) is 2.53. The number of nitrogens with two attached hydrogens (primary N) is 1. The number of hydrogen-bond donors (Lipinski definition) is 2. The Morgan fingerprint density at radius 1 is 1.47 bits per heavy atom. The van der Waals surface area contributed by atoms with Crippen molar-refractivity contribution in [2.24, 2.45) is 17.1 Å². The number of hydrogen-bond acceptors (Lipinski definition) is 2. The van der Waals surface area contributed by atoms with Crippen molar-refractivity contribution >= 4 is 5.91 Å². The first kappa shape index (κ1) is 12.5. The van der Waals surface area contributed by atoms with Gasteiger partial charge in [0.15, 0.2) is 0 Å². The van der Waals surface area contributed by atoms with Crippen LogP contribution in [0.25, 0.3) is 0 Å². The molecule has 3 heteroatoms. The minimum absolute atomic E-state index is 0.147. The number of amides is 1. The fraction of sp³-hybridized carbons (Fsp3) is 0.917. The third-order valence-electron chi connectivity index (χ3n) is 4.23. The number of carbonyl (C=O) groups excluding carboxylic acids is 1. The predicted octanol–water partition coefficient (Wildman–Crippen LogP) is 1.67. The Morgan fingerprint density at radius 2 is 2.13 bits per heavy atom. The van der Waals surface area contributed by atoms with Gasteiger partial charge in [-0.2, -0.15) is 0 Å². The van der Waals surface area contributed by atoms with Crippen LogP contribution in [0.4, 0.5) is 0 Å². The first-order valence-electron chi connectivity index (χ1n) is 6.06. The molecule has 0 aromatic carbocycles. The molecule has 0 aromatic heterocycles. The standard InChI is InChI=1S/C12H24N2O/c1-4-11(15)14-8-9-6-7-10(13)12(9,3)5-2/h9-10H,4-8,13H2,1-3H3,(H,14,15). The molecule has 0 aliphatic heterocycles. The first-order chi connectivity index (χ1) is 7.04. The minimum Gasteiger partial charge on any atom is -0.356 e. The zero-order valence-corrected chi connectivity index (χ0v) is 10.2. The van der Waals surface area contributed by atoms with Gasteiger partial charge in [-0.15, -0.1) is 0 Å². The van der Waals surface area contributed by atoms with Crippen LogP contribution in [-0.4, -0.2) is 18.5 Å². The third-order valence-corrected chi connectivity index (χ3v) is 4.23. The van der Waals surface area contributed by atoms with Crippen molar-refractivity contribution in [1.29, 1.82) is 0 Å². The van der Waals surface area contributed by atoms with E-state index in [0.717, 1.165) is 25.8 Å². The van der Waals surface area contributed by atoms with Crippen LogP contribution in [0.2, 0.25) is 0 Å². The van der Waals surface area contributed by atoms with Gasteiger partial charge in [-0.25, -0.2) is 0 Å². The van der Waals surface area contributed by atoms with E-state index in [1.165, 1.54) is 0 Å². The molecule has 1 saturated carbocycles. The molecule has 3 unspecified atom stereocenters. The highest BCUT2D eigenvalue weighted by molar-refractivity contribution is 5.75. The van der Waals surface area contributed by atoms with E-state index < -0.39 is 0 Å². The average molecular weight is 212 g/mol. The Kier molecular flexibility index (Phi) is 4.14. The summed E-state index contributed by atoms with van der Waals surface area (Å²) in [7, 11) is 0. The van der Waals surface area contributed by atoms with E-state index in [4.69, 9.17) is 5.73 Å². The normalized spacial score (nSPS) is 35.5. The van der Waals surface area contributed by atoms with Gasteiger partial charge in [-0.3, -0.25) is 4.79 Å². The van der Waals surface area contributed by atoms with Gasteiger partial charge < -0.3 is 11.1 Å². The maximum atomic E-state index is 11.2. The molecule has 0 aromatic rings. The van der Waals surface area contributed by atoms with Gasteiger partial charge in [0.25, 0.3) is 0 Å². The SMILES string of the molecule is CCC(=O)NCC1CCC(N)C1(C)CC. The van der Waals surface area contributed by atoms with E-state index in [9.17, 15) is 4.79 Å². The van der Waals surface area contributed by atoms with Gasteiger partial charge in [0.1, 0.15) is 0 Å². The van der Waals surface area contributed by atoms with E-state index in [1.54, 1.807) is 0 Å². The van der Waals surface area contributed by atoms with Gasteiger partial charge in [0, 0.05) is 19.0 Å². The fourth-order valence-electron chi connectivity index (χ4n) is 2.59. The van der Waals surface area contributed by atoms with Crippen LogP contribution in [0.5, 0.6) is 0 Å². The summed E-state index contributed by atoms with van der Waals surface area (Å²) in [6.45, 7) is 7.13. The summed E-state index contributed by atoms with van der Waals surface area (Å²) in [4.78, 5) is 11.2. The maximum absolute atomic E-state index is 11.2. The molecule has 1 fully saturated rings. The molecule has 0 spiro atoms. The quantitative estimate of drug-likeness (QED) is 0.744. The lowest BCUT2D eigenvalue weighted by molar-refractivity contribution is -0.121. The molecule has 0 bridgehead atoms. The lowest BCUT2D eigenvalue weighted by atomic mass is 9.75. The van der Waals surface area contributed by atoms with Crippen molar-refractivity contribution in [3.8, 4) is 0 Å². The summed E-state index contributed by atoms with van der Waals surface area (Å²) in [6.07, 6.45) is 3.91. The largest absolute Gasteiger partial charge is 0.356 e. The smallest absolute Gasteiger partial charge is 0.219 e. The molecule has 15 heavy (non-hydrogen) atoms. The molecule has 3 nitrogen and oxygen atoms in total. The molecule has 0 heterocycles. The van der Waals surface area contributed by atoms with Crippen LogP contribution < -0.4 is 11.1 Å². The highest BCUT2D eigenvalue weighted by atomic mass is 16.1. The molecule has 1 amide bonds. The molecule has 1 rings (SSSR count). The number of rotatable bonds is 4. The van der Waals surface area contributed by atoms with Gasteiger partial charge in [-0.05, 0) is 30.6 Å². The molecule has 0 radical (unpaired) electrons. The van der Waals surface area contributed by atoms with Crippen molar-refractivity contribution in [2.75, 3.05) is 6.54 Å². The van der Waals surface area contributed by atoms with Crippen molar-refractivity contribution in [3.05, 3.63) is 0 Å². The van der Waals surface area contributed by atoms with Crippen LogP contribution in [0.1, 0.15) is 46.5 Å². The third kappa shape index (κ3) is 2.51. The zero-order chi connectivity index (χ0) is 11.5. The summed E-state index contributed by atoms with van der Waals surface area (Å²) in [5.74, 6) is 0.696. The molecule has 3 atom stereocenters. The second-order valence-electron chi connectivity index (χ2n) is 4.90. The Labute approximate surface area is 92.8 Å². The van der Waals surface area contributed by atoms with Gasteiger partial charge in [0.05, 0.1) is 0 Å². The van der Waals surface area contributed by atoms with Crippen molar-refractivity contribution in [2.45, 2.75) is 52.5 Å². The van der Waals surface area contributed by atoms with E-state index in [2.05, 4.69) is 19.2 Å². The Hall–Kier alpha value is -0.570. The van der Waals surface area contributed by atoms with E-state index >= 15 is 0 Å². The van der Waals surface area contributed by atoms with Gasteiger partial charge >= 0.3 is 0 Å². The van der Waals surface area contributed by atoms with E-state index in [1.807, 2.05) is 6.92 Å². The maximum Gasteiger partial charge on any atom is 0.219 e. The zero-order valence-electron chi connectivity index (χ0n) is 10.2. The second-order valence-corrected chi connectivity index (χ2v) is 4.90. The van der Waals surface area contributed by atoms with Gasteiger partial charge in [0.2, 0.25) is 5.91 Å². The van der Waals surface area contributed by atoms with Crippen LogP contribution in [0, 0.1) is 11.3 Å². The lowest BCUT2D eigenvalue weighted by Gasteiger charge is -2.34. The summed E-state index contributed by atoms with van der Waals surface area (Å²) in [6, 6.07) is 0.297. The molecule has 0 saturated heterocycles. The summed E-state index contributed by atoms with van der Waals surface area (Å²) < 4.78 is 0. The topological polar surface area (TPSA) is 55.1 Å². The van der Waals surface area contributed by atoms with E-state index in [-0.39, 0.29) is 11.3 Å². The molecular formula is C12H24N2O. The highest BCUT2D eigenvalue weighted by Gasteiger charge is 2.43. The molecular weight excluding hydrogens is 188 g/mol. The molecule has 3 N–H and O–H groups in total. The molecule has 1 aliphatic rings. The fourth-order valence-corrected chi connectivity index (χ4v) is 2.59. The Balaban J connectivity index is 2.51. The lowest BCUT2D eigenvalue weighted by Crippen LogP contribution is -2.42. The van der Waals surface area contributed by atoms with Crippen molar-refractivity contribution in [3.63, 3.8) is 0 Å². The van der Waals surface area contributed by atoms with Crippen molar-refractivity contribution in [1.82, 2.24) is 5.32 Å². The minimum atomic E-state index is 0.147. The van der Waals surface area contributed by atoms with Gasteiger partial charge in [-0.1, -0.05) is 20.8 Å². The first-order valence-corrected chi connectivity index (χ1v) is 6.06. The van der Waals surface area contributed by atoms with Crippen LogP contribution >= 0.6 is 0 Å². The second kappa shape index (κ2) is 4.97. The summed E-state index contributed by atoms with van der Waals surface area (Å²) in [5, 5.41) is 2.99. The Morgan fingerprint density at radius 3 is 2.67 bits per heavy atom. The monoisotopic (exact) mass is 212 g/mol. The number of carbonyl (C=O) groups is 1. The predicted molar refractivity (Wildman–Crippen MR) is 62.4 cm³/mol. The van der Waals surface area contributed by atoms with Crippen LogP contribution in [0.15, 0.2) is 0 Å². The van der Waals surface area contributed by atoms with Crippen LogP contribution in [-0.2, 0) is 4.79 Å². The number of nitrogens with one attached hydrogen (secondary N) is 1. The molecule has 88 valence electrons. The molecule has 1 aliphatic carbocycles. The Bertz CT molecular complexity index is 230.